The highest BCUT2D eigenvalue weighted by atomic mass is 127. The van der Waals surface area contributed by atoms with E-state index in [0.29, 0.717) is 10.3 Å². The van der Waals surface area contributed by atoms with Gasteiger partial charge in [0.25, 0.3) is 5.91 Å². The molecule has 1 N–H and O–H groups in total. The number of halogens is 2. The lowest BCUT2D eigenvalue weighted by atomic mass is 10.2. The molecule has 0 aromatic heterocycles. The monoisotopic (exact) mass is 425 g/mol. The first-order valence-corrected chi connectivity index (χ1v) is 8.44. The Kier molecular flexibility index (Phi) is 4.41. The predicted molar refractivity (Wildman–Crippen MR) is 84.7 cm³/mol. The van der Waals surface area contributed by atoms with E-state index in [9.17, 15) is 4.79 Å². The second-order valence-corrected chi connectivity index (χ2v) is 7.57. The van der Waals surface area contributed by atoms with Crippen LogP contribution in [0.25, 0.3) is 0 Å². The van der Waals surface area contributed by atoms with E-state index in [0.717, 1.165) is 14.6 Å². The average Bonchev–Trinajstić information content (AvgIpc) is 3.10. The van der Waals surface area contributed by atoms with Crippen molar-refractivity contribution in [3.63, 3.8) is 0 Å². The Balaban J connectivity index is 2.02. The maximum Gasteiger partial charge on any atom is 0.252 e. The molecular formula is C12H13BrINOS. The van der Waals surface area contributed by atoms with Gasteiger partial charge in [0.05, 0.1) is 5.56 Å². The minimum absolute atomic E-state index is 0.00992. The van der Waals surface area contributed by atoms with Gasteiger partial charge < -0.3 is 5.32 Å². The standard InChI is InChI=1S/C12H13BrINOS/c1-17-12(4-5-12)7-15-11(16)9-6-8(14)2-3-10(9)13/h2-3,6H,4-5,7H2,1H3,(H,15,16). The lowest BCUT2D eigenvalue weighted by molar-refractivity contribution is 0.0952. The lowest BCUT2D eigenvalue weighted by Gasteiger charge is -2.13. The van der Waals surface area contributed by atoms with Crippen molar-refractivity contribution in [1.82, 2.24) is 5.32 Å². The number of carbonyl (C=O) groups is 1. The zero-order valence-corrected chi connectivity index (χ0v) is 14.0. The molecule has 2 rings (SSSR count). The first-order chi connectivity index (χ1) is 8.06. The Labute approximate surface area is 128 Å². The second kappa shape index (κ2) is 5.48. The van der Waals surface area contributed by atoms with E-state index >= 15 is 0 Å². The number of hydrogen-bond acceptors (Lipinski definition) is 2. The van der Waals surface area contributed by atoms with Crippen molar-refractivity contribution in [2.24, 2.45) is 0 Å². The Morgan fingerprint density at radius 2 is 2.29 bits per heavy atom. The van der Waals surface area contributed by atoms with Gasteiger partial charge in [0.15, 0.2) is 0 Å². The third kappa shape index (κ3) is 3.38. The molecule has 2 nitrogen and oxygen atoms in total. The number of rotatable bonds is 4. The van der Waals surface area contributed by atoms with Crippen LogP contribution in [-0.2, 0) is 0 Å². The van der Waals surface area contributed by atoms with Crippen LogP contribution in [0.15, 0.2) is 22.7 Å². The summed E-state index contributed by atoms with van der Waals surface area (Å²) in [5.41, 5.74) is 0.716. The van der Waals surface area contributed by atoms with E-state index in [1.807, 2.05) is 30.0 Å². The molecular weight excluding hydrogens is 413 g/mol. The maximum atomic E-state index is 12.1. The maximum absolute atomic E-state index is 12.1. The van der Waals surface area contributed by atoms with Crippen LogP contribution >= 0.6 is 50.3 Å². The zero-order chi connectivity index (χ0) is 12.5. The van der Waals surface area contributed by atoms with Crippen molar-refractivity contribution in [2.75, 3.05) is 12.8 Å². The molecule has 1 aliphatic rings. The van der Waals surface area contributed by atoms with Crippen LogP contribution in [0.1, 0.15) is 23.2 Å². The lowest BCUT2D eigenvalue weighted by Crippen LogP contribution is -2.31. The molecule has 0 heterocycles. The van der Waals surface area contributed by atoms with Gasteiger partial charge in [0.1, 0.15) is 0 Å². The Hall–Kier alpha value is 0.250. The van der Waals surface area contributed by atoms with Gasteiger partial charge in [-0.25, -0.2) is 0 Å². The molecule has 1 aliphatic carbocycles. The summed E-state index contributed by atoms with van der Waals surface area (Å²) in [6, 6.07) is 5.79. The van der Waals surface area contributed by atoms with E-state index in [1.165, 1.54) is 12.8 Å². The van der Waals surface area contributed by atoms with Crippen LogP contribution in [0.4, 0.5) is 0 Å². The first kappa shape index (κ1) is 13.7. The smallest absolute Gasteiger partial charge is 0.252 e. The van der Waals surface area contributed by atoms with Crippen LogP contribution in [0, 0.1) is 3.57 Å². The van der Waals surface area contributed by atoms with Gasteiger partial charge in [0.2, 0.25) is 0 Å². The van der Waals surface area contributed by atoms with E-state index in [2.05, 4.69) is 50.1 Å². The van der Waals surface area contributed by atoms with E-state index in [4.69, 9.17) is 0 Å². The summed E-state index contributed by atoms with van der Waals surface area (Å²) >= 11 is 7.48. The summed E-state index contributed by atoms with van der Waals surface area (Å²) in [5, 5.41) is 3.03. The third-order valence-corrected chi connectivity index (χ3v) is 5.77. The topological polar surface area (TPSA) is 29.1 Å². The Morgan fingerprint density at radius 1 is 1.59 bits per heavy atom. The molecule has 92 valence electrons. The zero-order valence-electron chi connectivity index (χ0n) is 9.43. The fourth-order valence-electron chi connectivity index (χ4n) is 1.60. The van der Waals surface area contributed by atoms with Gasteiger partial charge in [-0.3, -0.25) is 4.79 Å². The van der Waals surface area contributed by atoms with E-state index in [-0.39, 0.29) is 5.91 Å². The summed E-state index contributed by atoms with van der Waals surface area (Å²) in [7, 11) is 0. The minimum Gasteiger partial charge on any atom is -0.351 e. The summed E-state index contributed by atoms with van der Waals surface area (Å²) < 4.78 is 2.23. The molecule has 0 saturated heterocycles. The van der Waals surface area contributed by atoms with Crippen LogP contribution in [0.5, 0.6) is 0 Å². The van der Waals surface area contributed by atoms with Gasteiger partial charge in [0, 0.05) is 19.3 Å². The molecule has 0 aliphatic heterocycles. The molecule has 1 aromatic carbocycles. The minimum atomic E-state index is 0.00992. The normalized spacial score (nSPS) is 16.6. The van der Waals surface area contributed by atoms with Crippen molar-refractivity contribution < 1.29 is 4.79 Å². The van der Waals surface area contributed by atoms with Crippen LogP contribution < -0.4 is 5.32 Å². The van der Waals surface area contributed by atoms with Crippen LogP contribution in [0.3, 0.4) is 0 Å². The fraction of sp³-hybridized carbons (Fsp3) is 0.417. The van der Waals surface area contributed by atoms with Crippen LogP contribution in [-0.4, -0.2) is 23.5 Å². The predicted octanol–water partition coefficient (Wildman–Crippen LogP) is 3.68. The molecule has 1 aromatic rings. The number of hydrogen-bond donors (Lipinski definition) is 1. The largest absolute Gasteiger partial charge is 0.351 e. The molecule has 0 unspecified atom stereocenters. The summed E-state index contributed by atoms with van der Waals surface area (Å²) in [5.74, 6) is 0.00992. The highest BCUT2D eigenvalue weighted by Crippen LogP contribution is 2.46. The molecule has 0 bridgehead atoms. The average molecular weight is 426 g/mol. The van der Waals surface area contributed by atoms with Crippen molar-refractivity contribution >= 4 is 56.2 Å². The molecule has 5 heteroatoms. The number of carbonyl (C=O) groups excluding carboxylic acids is 1. The summed E-state index contributed by atoms with van der Waals surface area (Å²) in [6.45, 7) is 0.769. The highest BCUT2D eigenvalue weighted by Gasteiger charge is 2.41. The number of benzene rings is 1. The second-order valence-electron chi connectivity index (χ2n) is 4.19. The van der Waals surface area contributed by atoms with Crippen molar-refractivity contribution in [1.29, 1.82) is 0 Å². The third-order valence-electron chi connectivity index (χ3n) is 2.98. The fourth-order valence-corrected chi connectivity index (χ4v) is 3.25. The van der Waals surface area contributed by atoms with E-state index in [1.54, 1.807) is 0 Å². The van der Waals surface area contributed by atoms with Gasteiger partial charge in [-0.2, -0.15) is 11.8 Å². The molecule has 1 saturated carbocycles. The number of thioether (sulfide) groups is 1. The SMILES string of the molecule is CSC1(CNC(=O)c2cc(I)ccc2Br)CC1. The summed E-state index contributed by atoms with van der Waals surface area (Å²) in [6.07, 6.45) is 4.53. The Bertz CT molecular complexity index is 448. The Morgan fingerprint density at radius 3 is 2.88 bits per heavy atom. The molecule has 0 radical (unpaired) electrons. The van der Waals surface area contributed by atoms with E-state index < -0.39 is 0 Å². The van der Waals surface area contributed by atoms with Gasteiger partial charge in [-0.1, -0.05) is 0 Å². The van der Waals surface area contributed by atoms with Gasteiger partial charge in [-0.15, -0.1) is 0 Å². The molecule has 0 atom stereocenters. The summed E-state index contributed by atoms with van der Waals surface area (Å²) in [4.78, 5) is 12.1. The number of nitrogens with one attached hydrogen (secondary N) is 1. The molecule has 1 amide bonds. The first-order valence-electron chi connectivity index (χ1n) is 5.35. The van der Waals surface area contributed by atoms with Crippen molar-refractivity contribution in [3.05, 3.63) is 31.8 Å². The molecule has 0 spiro atoms. The van der Waals surface area contributed by atoms with Crippen molar-refractivity contribution in [2.45, 2.75) is 17.6 Å². The molecule has 1 fully saturated rings. The van der Waals surface area contributed by atoms with Crippen molar-refractivity contribution in [3.8, 4) is 0 Å². The van der Waals surface area contributed by atoms with Crippen LogP contribution in [0.2, 0.25) is 0 Å². The number of amides is 1. The molecule has 17 heavy (non-hydrogen) atoms. The van der Waals surface area contributed by atoms with Gasteiger partial charge in [-0.05, 0) is 75.8 Å². The quantitative estimate of drug-likeness (QED) is 0.745. The highest BCUT2D eigenvalue weighted by molar-refractivity contribution is 14.1. The van der Waals surface area contributed by atoms with Gasteiger partial charge >= 0.3 is 0 Å².